The minimum absolute atomic E-state index is 0.0466. The molecule has 2 nitrogen and oxygen atoms in total. The molecule has 1 atom stereocenters. The van der Waals surface area contributed by atoms with Crippen molar-refractivity contribution in [2.45, 2.75) is 44.1 Å². The van der Waals surface area contributed by atoms with Crippen LogP contribution in [0, 0.1) is 0 Å². The van der Waals surface area contributed by atoms with Crippen molar-refractivity contribution in [3.05, 3.63) is 71.8 Å². The number of hydrogen-bond acceptors (Lipinski definition) is 3. The van der Waals surface area contributed by atoms with Gasteiger partial charge in [0.1, 0.15) is 5.60 Å². The van der Waals surface area contributed by atoms with Gasteiger partial charge in [0.05, 0.1) is 6.04 Å². The van der Waals surface area contributed by atoms with Crippen molar-refractivity contribution in [1.82, 2.24) is 5.32 Å². The fourth-order valence-electron chi connectivity index (χ4n) is 2.89. The lowest BCUT2D eigenvalue weighted by molar-refractivity contribution is 0.0456. The highest BCUT2D eigenvalue weighted by Gasteiger charge is 2.39. The van der Waals surface area contributed by atoms with E-state index in [1.54, 1.807) is 0 Å². The lowest BCUT2D eigenvalue weighted by Gasteiger charge is -2.38. The maximum absolute atomic E-state index is 11.9. The van der Waals surface area contributed by atoms with Crippen LogP contribution in [0.2, 0.25) is 0 Å². The second-order valence-corrected chi connectivity index (χ2v) is 8.00. The second kappa shape index (κ2) is 9.26. The van der Waals surface area contributed by atoms with Crippen LogP contribution < -0.4 is 5.32 Å². The van der Waals surface area contributed by atoms with Crippen molar-refractivity contribution in [2.75, 3.05) is 12.3 Å². The first-order chi connectivity index (χ1) is 11.6. The summed E-state index contributed by atoms with van der Waals surface area (Å²) in [4.78, 5) is 0. The SMILES string of the molecule is CCCN[C@@H](CSC(C)C)C(O)(c1ccccc1)c1ccccc1. The normalized spacial score (nSPS) is 13.2. The molecule has 0 heterocycles. The van der Waals surface area contributed by atoms with Gasteiger partial charge in [-0.15, -0.1) is 0 Å². The summed E-state index contributed by atoms with van der Waals surface area (Å²) in [6.45, 7) is 7.45. The molecule has 0 unspecified atom stereocenters. The summed E-state index contributed by atoms with van der Waals surface area (Å²) in [6, 6.07) is 20.0. The Bertz CT molecular complexity index is 546. The molecular weight excluding hydrogens is 314 g/mol. The molecule has 0 aliphatic carbocycles. The number of aliphatic hydroxyl groups is 1. The van der Waals surface area contributed by atoms with Crippen molar-refractivity contribution >= 4 is 11.8 Å². The minimum atomic E-state index is -1.04. The number of benzene rings is 2. The van der Waals surface area contributed by atoms with Gasteiger partial charge < -0.3 is 10.4 Å². The summed E-state index contributed by atoms with van der Waals surface area (Å²) in [5, 5.41) is 16.0. The molecule has 0 aliphatic heterocycles. The van der Waals surface area contributed by atoms with Crippen LogP contribution >= 0.6 is 11.8 Å². The van der Waals surface area contributed by atoms with Gasteiger partial charge in [0.25, 0.3) is 0 Å². The molecule has 2 aromatic carbocycles. The first-order valence-corrected chi connectivity index (χ1v) is 9.82. The van der Waals surface area contributed by atoms with Gasteiger partial charge in [-0.3, -0.25) is 0 Å². The van der Waals surface area contributed by atoms with E-state index in [1.807, 2.05) is 72.4 Å². The Morgan fingerprint density at radius 3 is 1.88 bits per heavy atom. The number of thioether (sulfide) groups is 1. The van der Waals surface area contributed by atoms with Gasteiger partial charge in [0.2, 0.25) is 0 Å². The van der Waals surface area contributed by atoms with Crippen molar-refractivity contribution in [3.63, 3.8) is 0 Å². The quantitative estimate of drug-likeness (QED) is 0.706. The van der Waals surface area contributed by atoms with E-state index in [1.165, 1.54) is 0 Å². The predicted octanol–water partition coefficient (Wildman–Crippen LogP) is 4.43. The molecule has 2 N–H and O–H groups in total. The van der Waals surface area contributed by atoms with Crippen LogP contribution in [0.25, 0.3) is 0 Å². The Morgan fingerprint density at radius 2 is 1.46 bits per heavy atom. The molecule has 0 aliphatic rings. The Morgan fingerprint density at radius 1 is 0.958 bits per heavy atom. The van der Waals surface area contributed by atoms with E-state index in [0.29, 0.717) is 5.25 Å². The molecule has 3 heteroatoms. The molecule has 0 amide bonds. The minimum Gasteiger partial charge on any atom is -0.379 e. The molecule has 2 rings (SSSR count). The largest absolute Gasteiger partial charge is 0.379 e. The van der Waals surface area contributed by atoms with Crippen LogP contribution in [-0.2, 0) is 5.60 Å². The summed E-state index contributed by atoms with van der Waals surface area (Å²) >= 11 is 1.88. The van der Waals surface area contributed by atoms with Crippen LogP contribution in [0.1, 0.15) is 38.3 Å². The second-order valence-electron chi connectivity index (χ2n) is 6.39. The van der Waals surface area contributed by atoms with Crippen LogP contribution in [0.15, 0.2) is 60.7 Å². The fraction of sp³-hybridized carbons (Fsp3) is 0.429. The monoisotopic (exact) mass is 343 g/mol. The number of rotatable bonds is 9. The third-order valence-electron chi connectivity index (χ3n) is 4.17. The molecule has 0 spiro atoms. The summed E-state index contributed by atoms with van der Waals surface area (Å²) in [5.41, 5.74) is 0.836. The Labute approximate surface area is 150 Å². The molecule has 0 bridgehead atoms. The Balaban J connectivity index is 2.45. The van der Waals surface area contributed by atoms with Gasteiger partial charge in [-0.05, 0) is 29.3 Å². The van der Waals surface area contributed by atoms with Crippen LogP contribution in [0.3, 0.4) is 0 Å². The fourth-order valence-corrected chi connectivity index (χ4v) is 3.82. The lowest BCUT2D eigenvalue weighted by Crippen LogP contribution is -2.51. The maximum Gasteiger partial charge on any atom is 0.131 e. The molecule has 2 aromatic rings. The van der Waals surface area contributed by atoms with E-state index in [9.17, 15) is 5.11 Å². The van der Waals surface area contributed by atoms with E-state index in [-0.39, 0.29) is 6.04 Å². The first kappa shape index (κ1) is 19.0. The Kier molecular flexibility index (Phi) is 7.35. The van der Waals surface area contributed by atoms with Crippen molar-refractivity contribution in [1.29, 1.82) is 0 Å². The Hall–Kier alpha value is -1.29. The highest BCUT2D eigenvalue weighted by Crippen LogP contribution is 2.35. The average molecular weight is 344 g/mol. The van der Waals surface area contributed by atoms with Crippen LogP contribution in [-0.4, -0.2) is 28.7 Å². The summed E-state index contributed by atoms with van der Waals surface area (Å²) in [6.07, 6.45) is 1.04. The lowest BCUT2D eigenvalue weighted by atomic mass is 9.80. The van der Waals surface area contributed by atoms with Gasteiger partial charge in [-0.1, -0.05) is 81.4 Å². The van der Waals surface area contributed by atoms with Crippen molar-refractivity contribution in [2.24, 2.45) is 0 Å². The molecule has 0 radical (unpaired) electrons. The molecular formula is C21H29NOS. The summed E-state index contributed by atoms with van der Waals surface area (Å²) < 4.78 is 0. The standard InChI is InChI=1S/C21H29NOS/c1-4-15-22-20(16-24-17(2)3)21(23,18-11-7-5-8-12-18)19-13-9-6-10-14-19/h5-14,17,20,22-23H,4,15-16H2,1-3H3/t20-/m0/s1. The van der Waals surface area contributed by atoms with Crippen molar-refractivity contribution < 1.29 is 5.11 Å². The molecule has 0 saturated carbocycles. The van der Waals surface area contributed by atoms with E-state index in [0.717, 1.165) is 29.8 Å². The van der Waals surface area contributed by atoms with Crippen LogP contribution in [0.5, 0.6) is 0 Å². The van der Waals surface area contributed by atoms with Crippen molar-refractivity contribution in [3.8, 4) is 0 Å². The average Bonchev–Trinajstić information content (AvgIpc) is 2.62. The smallest absolute Gasteiger partial charge is 0.131 e. The molecule has 0 aromatic heterocycles. The van der Waals surface area contributed by atoms with Crippen LogP contribution in [0.4, 0.5) is 0 Å². The summed E-state index contributed by atoms with van der Waals surface area (Å²) in [5.74, 6) is 0.859. The van der Waals surface area contributed by atoms with Gasteiger partial charge in [-0.2, -0.15) is 11.8 Å². The highest BCUT2D eigenvalue weighted by molar-refractivity contribution is 7.99. The third kappa shape index (κ3) is 4.62. The molecule has 0 fully saturated rings. The highest BCUT2D eigenvalue weighted by atomic mass is 32.2. The number of hydrogen-bond donors (Lipinski definition) is 2. The zero-order valence-corrected chi connectivity index (χ0v) is 15.7. The van der Waals surface area contributed by atoms with E-state index >= 15 is 0 Å². The first-order valence-electron chi connectivity index (χ1n) is 8.77. The maximum atomic E-state index is 11.9. The summed E-state index contributed by atoms with van der Waals surface area (Å²) in [7, 11) is 0. The number of nitrogens with one attached hydrogen (secondary N) is 1. The van der Waals surface area contributed by atoms with Gasteiger partial charge in [0.15, 0.2) is 0 Å². The van der Waals surface area contributed by atoms with E-state index in [4.69, 9.17) is 0 Å². The predicted molar refractivity (Wildman–Crippen MR) is 106 cm³/mol. The van der Waals surface area contributed by atoms with E-state index < -0.39 is 5.60 Å². The molecule has 130 valence electrons. The van der Waals surface area contributed by atoms with Gasteiger partial charge in [-0.25, -0.2) is 0 Å². The zero-order valence-electron chi connectivity index (χ0n) is 14.9. The molecule has 24 heavy (non-hydrogen) atoms. The topological polar surface area (TPSA) is 32.3 Å². The van der Waals surface area contributed by atoms with E-state index in [2.05, 4.69) is 26.1 Å². The van der Waals surface area contributed by atoms with Gasteiger partial charge >= 0.3 is 0 Å². The zero-order chi connectivity index (χ0) is 17.4. The third-order valence-corrected chi connectivity index (χ3v) is 5.36. The van der Waals surface area contributed by atoms with Gasteiger partial charge in [0, 0.05) is 5.75 Å². The molecule has 0 saturated heterocycles.